The number of carbonyl (C=O) groups is 3. The molecule has 0 radical (unpaired) electrons. The standard InChI is InChI=1S/C22H25ClN4O4S/c1-14-11-15(3-4-16(14)27-9-10-31-12-19(27)28)24-21(30)22(7-8-26(2)13-22)25-20(29)17-5-6-18(23)32-17/h3-6,11H,7-10,12-13H2,1-2H3,(H,24,30)(H,25,29). The van der Waals surface area contributed by atoms with E-state index in [0.29, 0.717) is 47.6 Å². The number of nitrogens with zero attached hydrogens (tertiary/aromatic N) is 2. The van der Waals surface area contributed by atoms with Gasteiger partial charge in [0.15, 0.2) is 0 Å². The zero-order valence-electron chi connectivity index (χ0n) is 17.9. The van der Waals surface area contributed by atoms with Crippen molar-refractivity contribution >= 4 is 52.0 Å². The number of thiophene rings is 1. The number of rotatable bonds is 5. The molecule has 170 valence electrons. The van der Waals surface area contributed by atoms with Crippen molar-refractivity contribution in [3.05, 3.63) is 45.1 Å². The predicted molar refractivity (Wildman–Crippen MR) is 125 cm³/mol. The van der Waals surface area contributed by atoms with Gasteiger partial charge in [-0.3, -0.25) is 14.4 Å². The normalized spacial score (nSPS) is 21.6. The number of aryl methyl sites for hydroxylation is 1. The molecule has 1 atom stereocenters. The van der Waals surface area contributed by atoms with Crippen LogP contribution in [0.1, 0.15) is 21.7 Å². The minimum Gasteiger partial charge on any atom is -0.370 e. The van der Waals surface area contributed by atoms with Gasteiger partial charge in [0.1, 0.15) is 12.1 Å². The van der Waals surface area contributed by atoms with Gasteiger partial charge in [-0.15, -0.1) is 11.3 Å². The van der Waals surface area contributed by atoms with Crippen molar-refractivity contribution in [2.75, 3.05) is 50.1 Å². The van der Waals surface area contributed by atoms with Gasteiger partial charge < -0.3 is 25.2 Å². The second-order valence-corrected chi connectivity index (χ2v) is 9.90. The summed E-state index contributed by atoms with van der Waals surface area (Å²) in [6, 6.07) is 8.76. The Morgan fingerprint density at radius 1 is 1.22 bits per heavy atom. The molecule has 0 saturated carbocycles. The molecule has 3 amide bonds. The van der Waals surface area contributed by atoms with Crippen molar-refractivity contribution in [2.24, 2.45) is 0 Å². The summed E-state index contributed by atoms with van der Waals surface area (Å²) >= 11 is 7.14. The van der Waals surface area contributed by atoms with Crippen LogP contribution in [0.3, 0.4) is 0 Å². The zero-order valence-corrected chi connectivity index (χ0v) is 19.5. The Labute approximate surface area is 195 Å². The number of likely N-dealkylation sites (tertiary alicyclic amines) is 1. The zero-order chi connectivity index (χ0) is 22.9. The Morgan fingerprint density at radius 3 is 2.66 bits per heavy atom. The quantitative estimate of drug-likeness (QED) is 0.692. The Balaban J connectivity index is 1.51. The van der Waals surface area contributed by atoms with Gasteiger partial charge in [-0.2, -0.15) is 0 Å². The molecule has 0 spiro atoms. The molecule has 8 nitrogen and oxygen atoms in total. The summed E-state index contributed by atoms with van der Waals surface area (Å²) in [5.74, 6) is -0.669. The lowest BCUT2D eigenvalue weighted by Crippen LogP contribution is -2.58. The fraction of sp³-hybridized carbons (Fsp3) is 0.409. The molecule has 0 aliphatic carbocycles. The number of amides is 3. The number of likely N-dealkylation sites (N-methyl/N-ethyl adjacent to an activating group) is 1. The summed E-state index contributed by atoms with van der Waals surface area (Å²) in [5.41, 5.74) is 1.23. The second kappa shape index (κ2) is 9.19. The molecule has 10 heteroatoms. The SMILES string of the molecule is Cc1cc(NC(=O)C2(NC(=O)c3ccc(Cl)s3)CCN(C)C2)ccc1N1CCOCC1=O. The molecular weight excluding hydrogens is 452 g/mol. The van der Waals surface area contributed by atoms with E-state index in [1.807, 2.05) is 31.0 Å². The van der Waals surface area contributed by atoms with Gasteiger partial charge in [0.05, 0.1) is 15.8 Å². The first-order valence-electron chi connectivity index (χ1n) is 10.3. The number of nitrogens with one attached hydrogen (secondary N) is 2. The third-order valence-electron chi connectivity index (χ3n) is 5.78. The molecule has 2 aliphatic rings. The lowest BCUT2D eigenvalue weighted by atomic mass is 9.96. The third kappa shape index (κ3) is 4.66. The molecule has 2 N–H and O–H groups in total. The molecule has 2 aliphatic heterocycles. The highest BCUT2D eigenvalue weighted by Crippen LogP contribution is 2.28. The van der Waals surface area contributed by atoms with E-state index in [2.05, 4.69) is 10.6 Å². The van der Waals surface area contributed by atoms with E-state index in [9.17, 15) is 14.4 Å². The Kier molecular flexibility index (Phi) is 6.52. The minimum atomic E-state index is -1.05. The first-order valence-corrected chi connectivity index (χ1v) is 11.5. The molecular formula is C22H25ClN4O4S. The van der Waals surface area contributed by atoms with Gasteiger partial charge in [0.2, 0.25) is 0 Å². The van der Waals surface area contributed by atoms with E-state index < -0.39 is 5.54 Å². The van der Waals surface area contributed by atoms with Gasteiger partial charge in [-0.25, -0.2) is 0 Å². The van der Waals surface area contributed by atoms with Gasteiger partial charge in [-0.1, -0.05) is 11.6 Å². The molecule has 2 saturated heterocycles. The van der Waals surface area contributed by atoms with Crippen molar-refractivity contribution in [2.45, 2.75) is 18.9 Å². The molecule has 2 aromatic rings. The van der Waals surface area contributed by atoms with Gasteiger partial charge in [-0.05, 0) is 56.3 Å². The van der Waals surface area contributed by atoms with Crippen LogP contribution in [0.4, 0.5) is 11.4 Å². The van der Waals surface area contributed by atoms with Crippen LogP contribution in [0.5, 0.6) is 0 Å². The number of hydrogen-bond donors (Lipinski definition) is 2. The number of halogens is 1. The van der Waals surface area contributed by atoms with Crippen molar-refractivity contribution in [3.63, 3.8) is 0 Å². The molecule has 0 bridgehead atoms. The van der Waals surface area contributed by atoms with E-state index in [1.54, 1.807) is 23.1 Å². The highest BCUT2D eigenvalue weighted by Gasteiger charge is 2.45. The van der Waals surface area contributed by atoms with Gasteiger partial charge in [0.25, 0.3) is 17.7 Å². The Hall–Kier alpha value is -2.46. The van der Waals surface area contributed by atoms with E-state index in [-0.39, 0.29) is 24.3 Å². The first-order chi connectivity index (χ1) is 15.3. The molecule has 1 aromatic heterocycles. The molecule has 2 fully saturated rings. The fourth-order valence-corrected chi connectivity index (χ4v) is 5.06. The van der Waals surface area contributed by atoms with Crippen molar-refractivity contribution in [1.82, 2.24) is 10.2 Å². The van der Waals surface area contributed by atoms with Crippen LogP contribution in [0.15, 0.2) is 30.3 Å². The summed E-state index contributed by atoms with van der Waals surface area (Å²) in [6.45, 7) is 4.06. The maximum atomic E-state index is 13.3. The van der Waals surface area contributed by atoms with Crippen LogP contribution >= 0.6 is 22.9 Å². The van der Waals surface area contributed by atoms with Gasteiger partial charge in [0, 0.05) is 31.0 Å². The number of hydrogen-bond acceptors (Lipinski definition) is 6. The van der Waals surface area contributed by atoms with E-state index in [4.69, 9.17) is 16.3 Å². The van der Waals surface area contributed by atoms with E-state index in [1.165, 1.54) is 11.3 Å². The maximum absolute atomic E-state index is 13.3. The predicted octanol–water partition coefficient (Wildman–Crippen LogP) is 2.52. The topological polar surface area (TPSA) is 91.0 Å². The fourth-order valence-electron chi connectivity index (χ4n) is 4.12. The average molecular weight is 477 g/mol. The maximum Gasteiger partial charge on any atom is 0.262 e. The average Bonchev–Trinajstić information content (AvgIpc) is 3.35. The van der Waals surface area contributed by atoms with Crippen molar-refractivity contribution in [3.8, 4) is 0 Å². The van der Waals surface area contributed by atoms with Crippen LogP contribution in [-0.4, -0.2) is 68.1 Å². The Morgan fingerprint density at radius 2 is 2.03 bits per heavy atom. The lowest BCUT2D eigenvalue weighted by molar-refractivity contribution is -0.125. The number of morpholine rings is 1. The number of carbonyl (C=O) groups excluding carboxylic acids is 3. The summed E-state index contributed by atoms with van der Waals surface area (Å²) in [7, 11) is 1.92. The number of anilines is 2. The second-order valence-electron chi connectivity index (χ2n) is 8.18. The van der Waals surface area contributed by atoms with Crippen LogP contribution < -0.4 is 15.5 Å². The number of benzene rings is 1. The Bertz CT molecular complexity index is 1060. The third-order valence-corrected chi connectivity index (χ3v) is 7.01. The largest absolute Gasteiger partial charge is 0.370 e. The number of ether oxygens (including phenoxy) is 1. The monoisotopic (exact) mass is 476 g/mol. The van der Waals surface area contributed by atoms with Crippen molar-refractivity contribution < 1.29 is 19.1 Å². The smallest absolute Gasteiger partial charge is 0.262 e. The molecule has 1 aromatic carbocycles. The van der Waals surface area contributed by atoms with E-state index in [0.717, 1.165) is 11.3 Å². The minimum absolute atomic E-state index is 0.0725. The van der Waals surface area contributed by atoms with E-state index >= 15 is 0 Å². The van der Waals surface area contributed by atoms with Crippen molar-refractivity contribution in [1.29, 1.82) is 0 Å². The molecule has 4 rings (SSSR count). The van der Waals surface area contributed by atoms with Crippen LogP contribution in [0.2, 0.25) is 4.34 Å². The summed E-state index contributed by atoms with van der Waals surface area (Å²) in [5, 5.41) is 5.91. The highest BCUT2D eigenvalue weighted by molar-refractivity contribution is 7.18. The highest BCUT2D eigenvalue weighted by atomic mass is 35.5. The summed E-state index contributed by atoms with van der Waals surface area (Å²) < 4.78 is 5.72. The van der Waals surface area contributed by atoms with Crippen LogP contribution in [0.25, 0.3) is 0 Å². The first kappa shape index (κ1) is 22.7. The van der Waals surface area contributed by atoms with Gasteiger partial charge >= 0.3 is 0 Å². The van der Waals surface area contributed by atoms with Crippen LogP contribution in [0, 0.1) is 6.92 Å². The lowest BCUT2D eigenvalue weighted by Gasteiger charge is -2.30. The molecule has 32 heavy (non-hydrogen) atoms. The molecule has 3 heterocycles. The summed E-state index contributed by atoms with van der Waals surface area (Å²) in [4.78, 5) is 42.5. The molecule has 1 unspecified atom stereocenters. The van der Waals surface area contributed by atoms with Crippen LogP contribution in [-0.2, 0) is 14.3 Å². The summed E-state index contributed by atoms with van der Waals surface area (Å²) in [6.07, 6.45) is 0.500.